The summed E-state index contributed by atoms with van der Waals surface area (Å²) in [6.07, 6.45) is 1.77. The van der Waals surface area contributed by atoms with Crippen LogP contribution in [0.3, 0.4) is 0 Å². The van der Waals surface area contributed by atoms with Crippen molar-refractivity contribution < 1.29 is 5.11 Å². The van der Waals surface area contributed by atoms with E-state index in [0.29, 0.717) is 0 Å². The van der Waals surface area contributed by atoms with Crippen LogP contribution in [0.1, 0.15) is 20.8 Å². The Morgan fingerprint density at radius 2 is 2.27 bits per heavy atom. The zero-order chi connectivity index (χ0) is 11.5. The summed E-state index contributed by atoms with van der Waals surface area (Å²) in [6, 6.07) is -0.0450. The van der Waals surface area contributed by atoms with Crippen molar-refractivity contribution in [3.05, 3.63) is 11.6 Å². The van der Waals surface area contributed by atoms with Gasteiger partial charge in [-0.15, -0.1) is 11.3 Å². The van der Waals surface area contributed by atoms with Crippen molar-refractivity contribution in [1.82, 2.24) is 4.98 Å². The summed E-state index contributed by atoms with van der Waals surface area (Å²) < 4.78 is 0.966. The number of hydrogen-bond acceptors (Lipinski definition) is 5. The van der Waals surface area contributed by atoms with Gasteiger partial charge in [0.2, 0.25) is 0 Å². The van der Waals surface area contributed by atoms with Crippen LogP contribution in [0, 0.1) is 5.41 Å². The first-order chi connectivity index (χ1) is 6.95. The minimum atomic E-state index is -0.0450. The molecule has 2 atom stereocenters. The Kier molecular flexibility index (Phi) is 4.58. The zero-order valence-corrected chi connectivity index (χ0v) is 10.9. The number of aliphatic hydroxyl groups excluding tert-OH is 1. The number of rotatable bonds is 4. The van der Waals surface area contributed by atoms with Gasteiger partial charge >= 0.3 is 0 Å². The lowest BCUT2D eigenvalue weighted by molar-refractivity contribution is 0.233. The summed E-state index contributed by atoms with van der Waals surface area (Å²) in [4.78, 5) is 4.18. The van der Waals surface area contributed by atoms with Gasteiger partial charge in [0.05, 0.1) is 11.9 Å². The molecule has 15 heavy (non-hydrogen) atoms. The van der Waals surface area contributed by atoms with E-state index in [2.05, 4.69) is 25.8 Å². The fourth-order valence-corrected chi connectivity index (χ4v) is 3.31. The predicted octanol–water partition coefficient (Wildman–Crippen LogP) is 1.97. The van der Waals surface area contributed by atoms with Gasteiger partial charge in [0, 0.05) is 17.6 Å². The van der Waals surface area contributed by atoms with Gasteiger partial charge in [-0.3, -0.25) is 0 Å². The molecule has 1 aromatic heterocycles. The van der Waals surface area contributed by atoms with Gasteiger partial charge in [-0.2, -0.15) is 0 Å². The minimum absolute atomic E-state index is 0.00233. The Morgan fingerprint density at radius 1 is 1.60 bits per heavy atom. The molecule has 0 saturated carbocycles. The highest BCUT2D eigenvalue weighted by Crippen LogP contribution is 2.32. The van der Waals surface area contributed by atoms with Crippen LogP contribution in [0.5, 0.6) is 0 Å². The van der Waals surface area contributed by atoms with Crippen LogP contribution in [-0.4, -0.2) is 28.0 Å². The lowest BCUT2D eigenvalue weighted by atomic mass is 9.85. The summed E-state index contributed by atoms with van der Waals surface area (Å²) in [5, 5.41) is 11.3. The maximum Gasteiger partial charge on any atom is 0.150 e. The quantitative estimate of drug-likeness (QED) is 0.798. The highest BCUT2D eigenvalue weighted by atomic mass is 32.2. The van der Waals surface area contributed by atoms with Gasteiger partial charge < -0.3 is 10.8 Å². The summed E-state index contributed by atoms with van der Waals surface area (Å²) >= 11 is 3.14. The number of nitrogens with two attached hydrogens (primary N) is 1. The van der Waals surface area contributed by atoms with Crippen molar-refractivity contribution >= 4 is 23.1 Å². The zero-order valence-electron chi connectivity index (χ0n) is 9.30. The SMILES string of the molecule is CC(C)(C)C(N)C(CO)Sc1nccs1. The smallest absolute Gasteiger partial charge is 0.150 e. The molecule has 0 fully saturated rings. The molecule has 5 heteroatoms. The van der Waals surface area contributed by atoms with Crippen LogP contribution in [-0.2, 0) is 0 Å². The van der Waals surface area contributed by atoms with Crippen LogP contribution in [0.2, 0.25) is 0 Å². The van der Waals surface area contributed by atoms with E-state index in [-0.39, 0.29) is 23.3 Å². The summed E-state index contributed by atoms with van der Waals surface area (Å²) in [5.41, 5.74) is 6.12. The summed E-state index contributed by atoms with van der Waals surface area (Å²) in [6.45, 7) is 6.34. The van der Waals surface area contributed by atoms with Crippen molar-refractivity contribution in [3.8, 4) is 0 Å². The molecule has 0 aromatic carbocycles. The van der Waals surface area contributed by atoms with E-state index in [0.717, 1.165) is 4.34 Å². The fourth-order valence-electron chi connectivity index (χ4n) is 1.18. The number of aromatic nitrogens is 1. The van der Waals surface area contributed by atoms with E-state index in [4.69, 9.17) is 5.73 Å². The van der Waals surface area contributed by atoms with E-state index in [9.17, 15) is 5.11 Å². The van der Waals surface area contributed by atoms with Crippen LogP contribution in [0.4, 0.5) is 0 Å². The van der Waals surface area contributed by atoms with Crippen molar-refractivity contribution in [2.45, 2.75) is 36.4 Å². The maximum atomic E-state index is 9.33. The highest BCUT2D eigenvalue weighted by molar-refractivity contribution is 8.01. The molecule has 86 valence electrons. The van der Waals surface area contributed by atoms with E-state index >= 15 is 0 Å². The van der Waals surface area contributed by atoms with Crippen molar-refractivity contribution in [3.63, 3.8) is 0 Å². The molecule has 1 heterocycles. The largest absolute Gasteiger partial charge is 0.395 e. The van der Waals surface area contributed by atoms with Gasteiger partial charge in [0.15, 0.2) is 0 Å². The van der Waals surface area contributed by atoms with E-state index in [1.807, 2.05) is 5.38 Å². The molecular weight excluding hydrogens is 228 g/mol. The van der Waals surface area contributed by atoms with Crippen molar-refractivity contribution in [1.29, 1.82) is 0 Å². The number of nitrogens with zero attached hydrogens (tertiary/aromatic N) is 1. The molecule has 0 aliphatic carbocycles. The third-order valence-electron chi connectivity index (χ3n) is 2.24. The molecular formula is C10H18N2OS2. The van der Waals surface area contributed by atoms with Gasteiger partial charge in [-0.25, -0.2) is 4.98 Å². The van der Waals surface area contributed by atoms with Gasteiger partial charge in [0.25, 0.3) is 0 Å². The average molecular weight is 246 g/mol. The first kappa shape index (κ1) is 13.0. The Morgan fingerprint density at radius 3 is 2.67 bits per heavy atom. The Labute approximate surface area is 99.1 Å². The minimum Gasteiger partial charge on any atom is -0.395 e. The molecule has 2 unspecified atom stereocenters. The lowest BCUT2D eigenvalue weighted by Gasteiger charge is -2.32. The van der Waals surface area contributed by atoms with Gasteiger partial charge in [0.1, 0.15) is 4.34 Å². The molecule has 0 radical (unpaired) electrons. The maximum absolute atomic E-state index is 9.33. The van der Waals surface area contributed by atoms with Crippen molar-refractivity contribution in [2.75, 3.05) is 6.61 Å². The first-order valence-electron chi connectivity index (χ1n) is 4.87. The summed E-state index contributed by atoms with van der Waals surface area (Å²) in [7, 11) is 0. The Bertz CT molecular complexity index is 282. The lowest BCUT2D eigenvalue weighted by Crippen LogP contribution is -2.45. The first-order valence-corrected chi connectivity index (χ1v) is 6.63. The normalized spacial score (nSPS) is 16.3. The predicted molar refractivity (Wildman–Crippen MR) is 66.3 cm³/mol. The Hall–Kier alpha value is -0.100. The topological polar surface area (TPSA) is 59.1 Å². The second-order valence-corrected chi connectivity index (χ2v) is 6.91. The molecule has 0 aliphatic rings. The second-order valence-electron chi connectivity index (χ2n) is 4.53. The number of hydrogen-bond donors (Lipinski definition) is 2. The molecule has 0 amide bonds. The average Bonchev–Trinajstić information content (AvgIpc) is 2.64. The van der Waals surface area contributed by atoms with Crippen LogP contribution >= 0.6 is 23.1 Å². The van der Waals surface area contributed by atoms with Gasteiger partial charge in [-0.1, -0.05) is 32.5 Å². The van der Waals surface area contributed by atoms with Gasteiger partial charge in [-0.05, 0) is 5.41 Å². The third-order valence-corrected chi connectivity index (χ3v) is 4.44. The highest BCUT2D eigenvalue weighted by Gasteiger charge is 2.29. The molecule has 0 aliphatic heterocycles. The molecule has 1 aromatic rings. The standard InChI is InChI=1S/C10H18N2OS2/c1-10(2,3)8(11)7(6-13)15-9-12-4-5-14-9/h4-5,7-8,13H,6,11H2,1-3H3. The molecule has 0 spiro atoms. The van der Waals surface area contributed by atoms with E-state index < -0.39 is 0 Å². The van der Waals surface area contributed by atoms with Crippen LogP contribution in [0.15, 0.2) is 15.9 Å². The molecule has 3 N–H and O–H groups in total. The third kappa shape index (κ3) is 3.75. The number of aliphatic hydroxyl groups is 1. The van der Waals surface area contributed by atoms with Crippen LogP contribution < -0.4 is 5.73 Å². The Balaban J connectivity index is 2.64. The van der Waals surface area contributed by atoms with E-state index in [1.54, 1.807) is 29.3 Å². The summed E-state index contributed by atoms with van der Waals surface area (Å²) in [5.74, 6) is 0. The fraction of sp³-hybridized carbons (Fsp3) is 0.700. The number of thioether (sulfide) groups is 1. The molecule has 0 saturated heterocycles. The molecule has 1 rings (SSSR count). The molecule has 0 bridgehead atoms. The van der Waals surface area contributed by atoms with Crippen molar-refractivity contribution in [2.24, 2.45) is 11.1 Å². The van der Waals surface area contributed by atoms with E-state index in [1.165, 1.54) is 0 Å². The van der Waals surface area contributed by atoms with Crippen LogP contribution in [0.25, 0.3) is 0 Å². The number of thiazole rings is 1. The monoisotopic (exact) mass is 246 g/mol. The molecule has 3 nitrogen and oxygen atoms in total. The second kappa shape index (κ2) is 5.30.